The van der Waals surface area contributed by atoms with Crippen molar-refractivity contribution in [2.45, 2.75) is 45.3 Å². The first kappa shape index (κ1) is 20.8. The molecule has 0 aromatic carbocycles. The zero-order valence-corrected chi connectivity index (χ0v) is 16.6. The molecule has 1 aromatic heterocycles. The fourth-order valence-electron chi connectivity index (χ4n) is 2.84. The van der Waals surface area contributed by atoms with Gasteiger partial charge in [0.2, 0.25) is 0 Å². The lowest BCUT2D eigenvalue weighted by molar-refractivity contribution is 0.0569. The van der Waals surface area contributed by atoms with Gasteiger partial charge in [0, 0.05) is 26.3 Å². The third-order valence-electron chi connectivity index (χ3n) is 3.81. The van der Waals surface area contributed by atoms with Gasteiger partial charge in [0.15, 0.2) is 0 Å². The minimum atomic E-state index is -4.35. The van der Waals surface area contributed by atoms with Gasteiger partial charge in [0.25, 0.3) is 0 Å². The summed E-state index contributed by atoms with van der Waals surface area (Å²) in [5, 5.41) is 13.2. The van der Waals surface area contributed by atoms with Gasteiger partial charge >= 0.3 is 22.4 Å². The van der Waals surface area contributed by atoms with Crippen LogP contribution in [0.4, 0.5) is 15.3 Å². The zero-order chi connectivity index (χ0) is 20.4. The number of rotatable bonds is 4. The number of nitrogens with one attached hydrogen (secondary N) is 1. The van der Waals surface area contributed by atoms with Crippen molar-refractivity contribution in [1.29, 1.82) is 0 Å². The third-order valence-corrected chi connectivity index (χ3v) is 5.27. The smallest absolute Gasteiger partial charge is 0.422 e. The standard InChI is InChI=1S/C15H25N5O6S/c1-15(2,3)26-13(21)17-27(24,25)20(12-8-16-18(4)9-12)11-6-5-7-19(10-11)14(22)23/h8-9,11H,5-7,10H2,1-4H3,(H,17,21)(H,22,23)/t11-/m0/s1. The van der Waals surface area contributed by atoms with Crippen molar-refractivity contribution in [2.24, 2.45) is 7.05 Å². The average molecular weight is 403 g/mol. The molecule has 1 aliphatic rings. The Bertz CT molecular complexity index is 800. The van der Waals surface area contributed by atoms with E-state index in [1.165, 1.54) is 17.1 Å². The number of amides is 2. The largest absolute Gasteiger partial charge is 0.465 e. The normalized spacial score (nSPS) is 18.1. The van der Waals surface area contributed by atoms with Crippen LogP contribution in [0.5, 0.6) is 0 Å². The van der Waals surface area contributed by atoms with E-state index in [9.17, 15) is 23.1 Å². The Kier molecular flexibility index (Phi) is 5.88. The molecule has 11 nitrogen and oxygen atoms in total. The van der Waals surface area contributed by atoms with Gasteiger partial charge in [-0.2, -0.15) is 13.5 Å². The maximum absolute atomic E-state index is 12.9. The lowest BCUT2D eigenvalue weighted by Crippen LogP contribution is -2.55. The van der Waals surface area contributed by atoms with Crippen LogP contribution >= 0.6 is 0 Å². The molecule has 2 heterocycles. The Morgan fingerprint density at radius 3 is 2.59 bits per heavy atom. The number of carbonyl (C=O) groups is 2. The van der Waals surface area contributed by atoms with Crippen LogP contribution in [0.2, 0.25) is 0 Å². The monoisotopic (exact) mass is 403 g/mol. The lowest BCUT2D eigenvalue weighted by atomic mass is 10.1. The van der Waals surface area contributed by atoms with Gasteiger partial charge in [0.1, 0.15) is 5.60 Å². The second kappa shape index (κ2) is 7.62. The molecule has 2 N–H and O–H groups in total. The van der Waals surface area contributed by atoms with E-state index in [-0.39, 0.29) is 12.2 Å². The van der Waals surface area contributed by atoms with E-state index < -0.39 is 34.0 Å². The number of ether oxygens (including phenoxy) is 1. The van der Waals surface area contributed by atoms with Gasteiger partial charge in [-0.1, -0.05) is 0 Å². The van der Waals surface area contributed by atoms with Crippen LogP contribution < -0.4 is 9.03 Å². The quantitative estimate of drug-likeness (QED) is 0.770. The van der Waals surface area contributed by atoms with E-state index in [2.05, 4.69) is 5.10 Å². The molecule has 27 heavy (non-hydrogen) atoms. The van der Waals surface area contributed by atoms with Gasteiger partial charge in [-0.05, 0) is 33.6 Å². The molecule has 0 bridgehead atoms. The van der Waals surface area contributed by atoms with Gasteiger partial charge in [-0.3, -0.25) is 4.68 Å². The van der Waals surface area contributed by atoms with Crippen molar-refractivity contribution in [3.05, 3.63) is 12.4 Å². The van der Waals surface area contributed by atoms with Crippen molar-refractivity contribution in [1.82, 2.24) is 19.4 Å². The molecule has 2 amide bonds. The molecule has 1 aromatic rings. The number of nitrogens with zero attached hydrogens (tertiary/aromatic N) is 4. The third kappa shape index (κ3) is 5.49. The van der Waals surface area contributed by atoms with Gasteiger partial charge in [0.05, 0.1) is 17.9 Å². The molecule has 1 aliphatic heterocycles. The SMILES string of the molecule is Cn1cc(N([C@H]2CCCN(C(=O)O)C2)S(=O)(=O)NC(=O)OC(C)(C)C)cn1. The van der Waals surface area contributed by atoms with E-state index in [4.69, 9.17) is 4.74 Å². The molecule has 0 saturated carbocycles. The van der Waals surface area contributed by atoms with Crippen LogP contribution in [0, 0.1) is 0 Å². The van der Waals surface area contributed by atoms with Crippen LogP contribution in [0.25, 0.3) is 0 Å². The van der Waals surface area contributed by atoms with E-state index >= 15 is 0 Å². The molecule has 1 fully saturated rings. The number of hydrogen-bond acceptors (Lipinski definition) is 6. The molecule has 1 atom stereocenters. The van der Waals surface area contributed by atoms with Crippen LogP contribution in [0.1, 0.15) is 33.6 Å². The van der Waals surface area contributed by atoms with E-state index in [1.807, 2.05) is 4.72 Å². The molecule has 152 valence electrons. The first-order valence-corrected chi connectivity index (χ1v) is 9.85. The maximum atomic E-state index is 12.9. The second-order valence-electron chi connectivity index (χ2n) is 7.30. The topological polar surface area (TPSA) is 134 Å². The minimum absolute atomic E-state index is 0.0144. The predicted octanol–water partition coefficient (Wildman–Crippen LogP) is 1.14. The van der Waals surface area contributed by atoms with E-state index in [1.54, 1.807) is 27.8 Å². The van der Waals surface area contributed by atoms with Crippen molar-refractivity contribution >= 4 is 28.1 Å². The van der Waals surface area contributed by atoms with E-state index in [0.717, 1.165) is 9.21 Å². The number of carbonyl (C=O) groups excluding carboxylic acids is 1. The van der Waals surface area contributed by atoms with Gasteiger partial charge in [-0.25, -0.2) is 18.6 Å². The number of aryl methyl sites for hydroxylation is 1. The predicted molar refractivity (Wildman–Crippen MR) is 96.6 cm³/mol. The molecule has 0 radical (unpaired) electrons. The highest BCUT2D eigenvalue weighted by Crippen LogP contribution is 2.25. The summed E-state index contributed by atoms with van der Waals surface area (Å²) in [6, 6.07) is -0.681. The highest BCUT2D eigenvalue weighted by atomic mass is 32.2. The number of likely N-dealkylation sites (tertiary alicyclic amines) is 1. The fourth-order valence-corrected chi connectivity index (χ4v) is 4.13. The summed E-state index contributed by atoms with van der Waals surface area (Å²) in [6.07, 6.45) is 1.52. The Hall–Kier alpha value is -2.50. The zero-order valence-electron chi connectivity index (χ0n) is 15.7. The lowest BCUT2D eigenvalue weighted by Gasteiger charge is -2.37. The Morgan fingerprint density at radius 1 is 1.41 bits per heavy atom. The molecule has 0 unspecified atom stereocenters. The molecule has 1 saturated heterocycles. The highest BCUT2D eigenvalue weighted by molar-refractivity contribution is 7.91. The van der Waals surface area contributed by atoms with Crippen LogP contribution in [-0.2, 0) is 22.0 Å². The van der Waals surface area contributed by atoms with Crippen molar-refractivity contribution in [2.75, 3.05) is 17.4 Å². The van der Waals surface area contributed by atoms with Crippen molar-refractivity contribution < 1.29 is 27.9 Å². The number of hydrogen-bond donors (Lipinski definition) is 2. The first-order chi connectivity index (χ1) is 12.4. The van der Waals surface area contributed by atoms with Gasteiger partial charge < -0.3 is 14.7 Å². The van der Waals surface area contributed by atoms with Crippen LogP contribution in [0.15, 0.2) is 12.4 Å². The fraction of sp³-hybridized carbons (Fsp3) is 0.667. The first-order valence-electron chi connectivity index (χ1n) is 8.41. The summed E-state index contributed by atoms with van der Waals surface area (Å²) in [5.74, 6) is 0. The average Bonchev–Trinajstić information content (AvgIpc) is 2.90. The van der Waals surface area contributed by atoms with E-state index in [0.29, 0.717) is 19.4 Å². The van der Waals surface area contributed by atoms with Crippen molar-refractivity contribution in [3.8, 4) is 0 Å². The van der Waals surface area contributed by atoms with Crippen LogP contribution in [-0.4, -0.2) is 65.1 Å². The van der Waals surface area contributed by atoms with Gasteiger partial charge in [-0.15, -0.1) is 0 Å². The summed E-state index contributed by atoms with van der Waals surface area (Å²) in [5.41, 5.74) is -0.644. The maximum Gasteiger partial charge on any atom is 0.422 e. The number of carboxylic acid groups (broad SMARTS) is 1. The molecule has 2 rings (SSSR count). The number of piperidine rings is 1. The summed E-state index contributed by atoms with van der Waals surface area (Å²) < 4.78 is 35.2. The highest BCUT2D eigenvalue weighted by Gasteiger charge is 2.37. The number of anilines is 1. The Labute approximate surface area is 158 Å². The molecular formula is C15H25N5O6S. The Balaban J connectivity index is 2.32. The van der Waals surface area contributed by atoms with Crippen molar-refractivity contribution in [3.63, 3.8) is 0 Å². The van der Waals surface area contributed by atoms with Crippen LogP contribution in [0.3, 0.4) is 0 Å². The Morgan fingerprint density at radius 2 is 2.07 bits per heavy atom. The second-order valence-corrected chi connectivity index (χ2v) is 8.85. The molecule has 0 spiro atoms. The number of aromatic nitrogens is 2. The molecular weight excluding hydrogens is 378 g/mol. The summed E-state index contributed by atoms with van der Waals surface area (Å²) in [7, 11) is -2.72. The minimum Gasteiger partial charge on any atom is -0.465 e. The summed E-state index contributed by atoms with van der Waals surface area (Å²) >= 11 is 0. The summed E-state index contributed by atoms with van der Waals surface area (Å²) in [4.78, 5) is 24.5. The summed E-state index contributed by atoms with van der Waals surface area (Å²) in [6.45, 7) is 5.16. The molecule has 12 heteroatoms. The molecule has 0 aliphatic carbocycles.